The number of allylic oxidation sites excluding steroid dienone is 1. The fraction of sp³-hybridized carbons (Fsp3) is 0.231. The third kappa shape index (κ3) is 4.02. The first-order valence-corrected chi connectivity index (χ1v) is 12.5. The zero-order valence-corrected chi connectivity index (χ0v) is 22.0. The Morgan fingerprint density at radius 2 is 1.95 bits per heavy atom. The van der Waals surface area contributed by atoms with Crippen LogP contribution in [-0.4, -0.2) is 37.3 Å². The van der Waals surface area contributed by atoms with Crippen LogP contribution in [0.3, 0.4) is 0 Å². The number of aromatic nitrogens is 1. The van der Waals surface area contributed by atoms with E-state index in [1.54, 1.807) is 50.2 Å². The monoisotopic (exact) mass is 539 g/mol. The number of rotatable bonds is 5. The normalized spacial score (nSPS) is 17.5. The second kappa shape index (κ2) is 9.53. The average molecular weight is 540 g/mol. The Balaban J connectivity index is 1.86. The van der Waals surface area contributed by atoms with Crippen LogP contribution in [0.4, 0.5) is 5.69 Å². The number of carbonyl (C=O) groups is 2. The Labute approximate surface area is 220 Å². The zero-order valence-electron chi connectivity index (χ0n) is 20.4. The first-order valence-electron chi connectivity index (χ1n) is 11.3. The number of hydrogen-bond donors (Lipinski definition) is 1. The van der Waals surface area contributed by atoms with E-state index in [2.05, 4.69) is 10.3 Å². The Bertz CT molecular complexity index is 1690. The van der Waals surface area contributed by atoms with E-state index in [1.165, 1.54) is 18.8 Å². The topological polar surface area (TPSA) is 108 Å². The zero-order chi connectivity index (χ0) is 26.4. The molecule has 9 nitrogen and oxygen atoms in total. The third-order valence-corrected chi connectivity index (χ3v) is 7.47. The minimum absolute atomic E-state index is 0.143. The largest absolute Gasteiger partial charge is 0.497 e. The van der Waals surface area contributed by atoms with Crippen molar-refractivity contribution < 1.29 is 23.8 Å². The van der Waals surface area contributed by atoms with Crippen molar-refractivity contribution in [2.75, 3.05) is 26.1 Å². The van der Waals surface area contributed by atoms with Crippen LogP contribution in [0, 0.1) is 0 Å². The maximum Gasteiger partial charge on any atom is 0.338 e. The molecule has 1 atom stereocenters. The molecule has 3 aromatic rings. The van der Waals surface area contributed by atoms with Gasteiger partial charge in [-0.15, -0.1) is 0 Å². The number of fused-ring (bicyclic) bond motifs is 2. The summed E-state index contributed by atoms with van der Waals surface area (Å²) in [7, 11) is 3.02. The average Bonchev–Trinajstić information content (AvgIpc) is 3.37. The van der Waals surface area contributed by atoms with Crippen LogP contribution in [0.25, 0.3) is 5.57 Å². The van der Waals surface area contributed by atoms with Gasteiger partial charge in [0.05, 0.1) is 37.7 Å². The molecular formula is C26H22ClN3O6S. The quantitative estimate of drug-likeness (QED) is 0.500. The van der Waals surface area contributed by atoms with Gasteiger partial charge in [-0.1, -0.05) is 22.9 Å². The number of benzene rings is 2. The van der Waals surface area contributed by atoms with Crippen LogP contribution in [0.5, 0.6) is 11.5 Å². The van der Waals surface area contributed by atoms with Crippen LogP contribution >= 0.6 is 22.9 Å². The number of hydrogen-bond acceptors (Lipinski definition) is 8. The van der Waals surface area contributed by atoms with E-state index in [0.29, 0.717) is 43.8 Å². The molecule has 0 saturated heterocycles. The SMILES string of the molecule is CCOC(=O)C1=C(C)N=c2s/c(=C3\C(=O)Nc4ccc(Cl)cc43)c(=O)n2[C@@H]1c1cc(OC)ccc1OC. The van der Waals surface area contributed by atoms with Crippen LogP contribution in [-0.2, 0) is 14.3 Å². The van der Waals surface area contributed by atoms with E-state index in [4.69, 9.17) is 25.8 Å². The van der Waals surface area contributed by atoms with Crippen LogP contribution in [0.15, 0.2) is 57.5 Å². The Morgan fingerprint density at radius 3 is 2.65 bits per heavy atom. The second-order valence-electron chi connectivity index (χ2n) is 8.25. The lowest BCUT2D eigenvalue weighted by molar-refractivity contribution is -0.139. The van der Waals surface area contributed by atoms with Gasteiger partial charge >= 0.3 is 5.97 Å². The van der Waals surface area contributed by atoms with Crippen molar-refractivity contribution in [1.82, 2.24) is 4.57 Å². The summed E-state index contributed by atoms with van der Waals surface area (Å²) in [6.45, 7) is 3.53. The van der Waals surface area contributed by atoms with Crippen molar-refractivity contribution in [3.8, 4) is 11.5 Å². The van der Waals surface area contributed by atoms with Crippen LogP contribution in [0.1, 0.15) is 31.0 Å². The lowest BCUT2D eigenvalue weighted by atomic mass is 9.94. The highest BCUT2D eigenvalue weighted by Gasteiger charge is 2.36. The molecule has 0 unspecified atom stereocenters. The van der Waals surface area contributed by atoms with Crippen molar-refractivity contribution in [2.24, 2.45) is 4.99 Å². The van der Waals surface area contributed by atoms with Crippen LogP contribution < -0.4 is 29.7 Å². The maximum atomic E-state index is 14.0. The van der Waals surface area contributed by atoms with Gasteiger partial charge < -0.3 is 19.5 Å². The van der Waals surface area contributed by atoms with E-state index < -0.39 is 23.5 Å². The predicted octanol–water partition coefficient (Wildman–Crippen LogP) is 2.79. The molecule has 0 saturated carbocycles. The summed E-state index contributed by atoms with van der Waals surface area (Å²) >= 11 is 7.27. The summed E-state index contributed by atoms with van der Waals surface area (Å²) in [6.07, 6.45) is 0. The highest BCUT2D eigenvalue weighted by molar-refractivity contribution is 7.07. The van der Waals surface area contributed by atoms with Crippen LogP contribution in [0.2, 0.25) is 5.02 Å². The number of esters is 1. The molecule has 37 heavy (non-hydrogen) atoms. The number of ether oxygens (including phenoxy) is 3. The number of halogens is 1. The van der Waals surface area contributed by atoms with E-state index in [-0.39, 0.29) is 22.3 Å². The number of anilines is 1. The second-order valence-corrected chi connectivity index (χ2v) is 9.66. The molecular weight excluding hydrogens is 518 g/mol. The Hall–Kier alpha value is -3.89. The molecule has 1 amide bonds. The van der Waals surface area contributed by atoms with E-state index in [9.17, 15) is 14.4 Å². The van der Waals surface area contributed by atoms with Crippen molar-refractivity contribution in [2.45, 2.75) is 19.9 Å². The Kier molecular flexibility index (Phi) is 6.38. The van der Waals surface area contributed by atoms with Gasteiger partial charge in [0, 0.05) is 21.8 Å². The highest BCUT2D eigenvalue weighted by Crippen LogP contribution is 2.38. The summed E-state index contributed by atoms with van der Waals surface area (Å²) in [6, 6.07) is 9.19. The number of nitrogens with one attached hydrogen (secondary N) is 1. The highest BCUT2D eigenvalue weighted by atomic mass is 35.5. The van der Waals surface area contributed by atoms with E-state index in [0.717, 1.165) is 11.3 Å². The molecule has 11 heteroatoms. The minimum Gasteiger partial charge on any atom is -0.497 e. The fourth-order valence-corrected chi connectivity index (χ4v) is 5.87. The molecule has 5 rings (SSSR count). The summed E-state index contributed by atoms with van der Waals surface area (Å²) < 4.78 is 18.0. The molecule has 0 fully saturated rings. The maximum absolute atomic E-state index is 14.0. The number of amides is 1. The van der Waals surface area contributed by atoms with Gasteiger partial charge in [0.2, 0.25) is 0 Å². The molecule has 1 aromatic heterocycles. The number of thiazole rings is 1. The molecule has 1 N–H and O–H groups in total. The lowest BCUT2D eigenvalue weighted by Crippen LogP contribution is -2.40. The van der Waals surface area contributed by atoms with Gasteiger partial charge in [-0.25, -0.2) is 9.79 Å². The summed E-state index contributed by atoms with van der Waals surface area (Å²) in [5.41, 5.74) is 1.91. The van der Waals surface area contributed by atoms with Gasteiger partial charge in [-0.05, 0) is 50.2 Å². The fourth-order valence-electron chi connectivity index (χ4n) is 4.55. The third-order valence-electron chi connectivity index (χ3n) is 6.18. The molecule has 190 valence electrons. The summed E-state index contributed by atoms with van der Waals surface area (Å²) in [4.78, 5) is 45.1. The first kappa shape index (κ1) is 24.8. The molecule has 2 aliphatic heterocycles. The van der Waals surface area contributed by atoms with Crippen molar-refractivity contribution in [3.05, 3.63) is 83.5 Å². The molecule has 0 spiro atoms. The molecule has 2 aliphatic rings. The van der Waals surface area contributed by atoms with Gasteiger partial charge in [0.15, 0.2) is 4.80 Å². The predicted molar refractivity (Wildman–Crippen MR) is 139 cm³/mol. The minimum atomic E-state index is -0.932. The van der Waals surface area contributed by atoms with Crippen molar-refractivity contribution in [3.63, 3.8) is 0 Å². The number of methoxy groups -OCH3 is 2. The van der Waals surface area contributed by atoms with Gasteiger partial charge in [-0.3, -0.25) is 14.2 Å². The molecule has 2 aromatic carbocycles. The van der Waals surface area contributed by atoms with Gasteiger partial charge in [0.1, 0.15) is 22.1 Å². The number of nitrogens with zero attached hydrogens (tertiary/aromatic N) is 2. The summed E-state index contributed by atoms with van der Waals surface area (Å²) in [5.74, 6) is -0.0692. The van der Waals surface area contributed by atoms with Gasteiger partial charge in [0.25, 0.3) is 11.5 Å². The van der Waals surface area contributed by atoms with E-state index >= 15 is 0 Å². The van der Waals surface area contributed by atoms with Crippen molar-refractivity contribution in [1.29, 1.82) is 0 Å². The smallest absolute Gasteiger partial charge is 0.338 e. The lowest BCUT2D eigenvalue weighted by Gasteiger charge is -2.26. The van der Waals surface area contributed by atoms with Gasteiger partial charge in [-0.2, -0.15) is 0 Å². The molecule has 0 radical (unpaired) electrons. The van der Waals surface area contributed by atoms with Crippen molar-refractivity contribution >= 4 is 46.1 Å². The first-order chi connectivity index (χ1) is 17.8. The molecule has 3 heterocycles. The molecule has 0 bridgehead atoms. The molecule has 0 aliphatic carbocycles. The van der Waals surface area contributed by atoms with E-state index in [1.807, 2.05) is 0 Å². The standard InChI is InChI=1S/C26H22ClN3O6S/c1-5-36-25(33)19-12(2)28-26-30(21(19)16-11-14(34-3)7-9-18(16)35-4)24(32)22(37-26)20-15-10-13(27)6-8-17(15)29-23(20)31/h6-11,21H,5H2,1-4H3,(H,29,31)/b22-20-/t21-/m1/s1. The summed E-state index contributed by atoms with van der Waals surface area (Å²) in [5, 5.41) is 3.21. The number of carbonyl (C=O) groups excluding carboxylic acids is 2. The Morgan fingerprint density at radius 1 is 1.16 bits per heavy atom.